The van der Waals surface area contributed by atoms with Crippen LogP contribution in [0.25, 0.3) is 0 Å². The molecule has 1 atom stereocenters. The molecule has 18 heavy (non-hydrogen) atoms. The van der Waals surface area contributed by atoms with Crippen molar-refractivity contribution in [2.24, 2.45) is 11.5 Å². The van der Waals surface area contributed by atoms with Gasteiger partial charge in [0.15, 0.2) is 0 Å². The third kappa shape index (κ3) is 5.80. The molecule has 0 heterocycles. The Bertz CT molecular complexity index is 340. The number of amides is 1. The molecule has 1 aromatic carbocycles. The summed E-state index contributed by atoms with van der Waals surface area (Å²) in [5.41, 5.74) is 12.4. The molecule has 0 aromatic heterocycles. The summed E-state index contributed by atoms with van der Waals surface area (Å²) in [4.78, 5) is 11.6. The maximum absolute atomic E-state index is 11.6. The van der Waals surface area contributed by atoms with Crippen LogP contribution in [-0.4, -0.2) is 25.0 Å². The highest BCUT2D eigenvalue weighted by Crippen LogP contribution is 2.01. The van der Waals surface area contributed by atoms with E-state index >= 15 is 0 Å². The lowest BCUT2D eigenvalue weighted by atomic mass is 10.1. The summed E-state index contributed by atoms with van der Waals surface area (Å²) in [7, 11) is 0. The van der Waals surface area contributed by atoms with Crippen LogP contribution in [0, 0.1) is 0 Å². The van der Waals surface area contributed by atoms with Crippen molar-refractivity contribution in [3.05, 3.63) is 35.9 Å². The maximum atomic E-state index is 11.6. The molecule has 4 heteroatoms. The van der Waals surface area contributed by atoms with Crippen LogP contribution in [0.1, 0.15) is 24.8 Å². The molecule has 0 aliphatic carbocycles. The van der Waals surface area contributed by atoms with Gasteiger partial charge in [-0.1, -0.05) is 30.3 Å². The predicted octanol–water partition coefficient (Wildman–Crippen LogP) is 0.802. The van der Waals surface area contributed by atoms with Crippen LogP contribution < -0.4 is 16.8 Å². The van der Waals surface area contributed by atoms with E-state index in [0.29, 0.717) is 19.5 Å². The van der Waals surface area contributed by atoms with Crippen molar-refractivity contribution < 1.29 is 4.79 Å². The Balaban J connectivity index is 2.12. The second kappa shape index (κ2) is 8.66. The quantitative estimate of drug-likeness (QED) is 0.596. The summed E-state index contributed by atoms with van der Waals surface area (Å²) >= 11 is 0. The normalized spacial score (nSPS) is 12.1. The van der Waals surface area contributed by atoms with Gasteiger partial charge in [0.1, 0.15) is 0 Å². The Hall–Kier alpha value is -1.39. The molecule has 1 unspecified atom stereocenters. The molecule has 1 aromatic rings. The van der Waals surface area contributed by atoms with E-state index in [2.05, 4.69) is 17.4 Å². The molecule has 0 saturated carbocycles. The number of hydrogen-bond donors (Lipinski definition) is 3. The highest BCUT2D eigenvalue weighted by Gasteiger charge is 2.11. The van der Waals surface area contributed by atoms with Crippen LogP contribution in [0.2, 0.25) is 0 Å². The minimum Gasteiger partial charge on any atom is -0.355 e. The zero-order valence-corrected chi connectivity index (χ0v) is 10.8. The van der Waals surface area contributed by atoms with Gasteiger partial charge in [-0.3, -0.25) is 4.79 Å². The molecule has 0 radical (unpaired) electrons. The first kappa shape index (κ1) is 14.7. The summed E-state index contributed by atoms with van der Waals surface area (Å²) in [6, 6.07) is 9.81. The molecule has 4 nitrogen and oxygen atoms in total. The molecule has 5 N–H and O–H groups in total. The van der Waals surface area contributed by atoms with Crippen LogP contribution in [-0.2, 0) is 11.2 Å². The van der Waals surface area contributed by atoms with Crippen molar-refractivity contribution in [1.82, 2.24) is 5.32 Å². The van der Waals surface area contributed by atoms with Crippen molar-refractivity contribution >= 4 is 5.91 Å². The highest BCUT2D eigenvalue weighted by atomic mass is 16.2. The molecule has 0 aliphatic rings. The minimum absolute atomic E-state index is 0.0727. The summed E-state index contributed by atoms with van der Waals surface area (Å²) < 4.78 is 0. The van der Waals surface area contributed by atoms with Gasteiger partial charge in [-0.25, -0.2) is 0 Å². The third-order valence-corrected chi connectivity index (χ3v) is 2.84. The van der Waals surface area contributed by atoms with Gasteiger partial charge in [0.05, 0.1) is 6.04 Å². The first-order valence-electron chi connectivity index (χ1n) is 6.51. The molecule has 0 bridgehead atoms. The van der Waals surface area contributed by atoms with Crippen LogP contribution in [0.3, 0.4) is 0 Å². The topological polar surface area (TPSA) is 81.1 Å². The first-order chi connectivity index (χ1) is 8.74. The Kier molecular flexibility index (Phi) is 7.06. The molecule has 100 valence electrons. The van der Waals surface area contributed by atoms with Crippen LogP contribution >= 0.6 is 0 Å². The largest absolute Gasteiger partial charge is 0.355 e. The Morgan fingerprint density at radius 1 is 1.22 bits per heavy atom. The molecular formula is C14H23N3O. The van der Waals surface area contributed by atoms with Crippen LogP contribution in [0.5, 0.6) is 0 Å². The third-order valence-electron chi connectivity index (χ3n) is 2.84. The van der Waals surface area contributed by atoms with Gasteiger partial charge in [0, 0.05) is 6.54 Å². The van der Waals surface area contributed by atoms with E-state index in [1.165, 1.54) is 5.56 Å². The van der Waals surface area contributed by atoms with E-state index in [1.807, 2.05) is 18.2 Å². The fourth-order valence-electron chi connectivity index (χ4n) is 1.75. The molecule has 0 aliphatic heterocycles. The Morgan fingerprint density at radius 2 is 1.94 bits per heavy atom. The second-order valence-corrected chi connectivity index (χ2v) is 4.42. The number of nitrogens with one attached hydrogen (secondary N) is 1. The molecule has 0 spiro atoms. The number of aryl methyl sites for hydroxylation is 1. The SMILES string of the molecule is NCCCC(N)C(=O)NCCCc1ccccc1. The van der Waals surface area contributed by atoms with Crippen LogP contribution in [0.4, 0.5) is 0 Å². The average molecular weight is 249 g/mol. The van der Waals surface area contributed by atoms with Gasteiger partial charge < -0.3 is 16.8 Å². The zero-order chi connectivity index (χ0) is 13.2. The summed E-state index contributed by atoms with van der Waals surface area (Å²) in [6.45, 7) is 1.25. The average Bonchev–Trinajstić information content (AvgIpc) is 2.41. The lowest BCUT2D eigenvalue weighted by Gasteiger charge is -2.11. The number of carbonyl (C=O) groups excluding carboxylic acids is 1. The van der Waals surface area contributed by atoms with E-state index in [9.17, 15) is 4.79 Å². The number of nitrogens with two attached hydrogens (primary N) is 2. The van der Waals surface area contributed by atoms with Gasteiger partial charge >= 0.3 is 0 Å². The van der Waals surface area contributed by atoms with Crippen molar-refractivity contribution in [3.63, 3.8) is 0 Å². The smallest absolute Gasteiger partial charge is 0.236 e. The summed E-state index contributed by atoms with van der Waals surface area (Å²) in [5.74, 6) is -0.0727. The molecule has 1 amide bonds. The van der Waals surface area contributed by atoms with E-state index in [1.54, 1.807) is 0 Å². The van der Waals surface area contributed by atoms with Gasteiger partial charge in [-0.15, -0.1) is 0 Å². The Morgan fingerprint density at radius 3 is 2.61 bits per heavy atom. The van der Waals surface area contributed by atoms with Gasteiger partial charge in [-0.05, 0) is 37.8 Å². The fraction of sp³-hybridized carbons (Fsp3) is 0.500. The molecular weight excluding hydrogens is 226 g/mol. The van der Waals surface area contributed by atoms with Gasteiger partial charge in [0.2, 0.25) is 5.91 Å². The first-order valence-corrected chi connectivity index (χ1v) is 6.51. The number of rotatable bonds is 8. The number of hydrogen-bond acceptors (Lipinski definition) is 3. The van der Waals surface area contributed by atoms with Crippen molar-refractivity contribution in [3.8, 4) is 0 Å². The lowest BCUT2D eigenvalue weighted by molar-refractivity contribution is -0.122. The van der Waals surface area contributed by atoms with E-state index in [4.69, 9.17) is 11.5 Å². The fourth-order valence-corrected chi connectivity index (χ4v) is 1.75. The maximum Gasteiger partial charge on any atom is 0.236 e. The van der Waals surface area contributed by atoms with Gasteiger partial charge in [0.25, 0.3) is 0 Å². The van der Waals surface area contributed by atoms with Crippen molar-refractivity contribution in [1.29, 1.82) is 0 Å². The summed E-state index contributed by atoms with van der Waals surface area (Å²) in [6.07, 6.45) is 3.35. The standard InChI is InChI=1S/C14H23N3O/c15-10-4-9-13(16)14(18)17-11-5-8-12-6-2-1-3-7-12/h1-3,6-7,13H,4-5,8-11,15-16H2,(H,17,18). The monoisotopic (exact) mass is 249 g/mol. The zero-order valence-electron chi connectivity index (χ0n) is 10.8. The number of carbonyl (C=O) groups is 1. The Labute approximate surface area is 109 Å². The predicted molar refractivity (Wildman–Crippen MR) is 74.0 cm³/mol. The van der Waals surface area contributed by atoms with E-state index in [-0.39, 0.29) is 5.91 Å². The second-order valence-electron chi connectivity index (χ2n) is 4.42. The molecule has 0 fully saturated rings. The summed E-state index contributed by atoms with van der Waals surface area (Å²) in [5, 5.41) is 2.86. The molecule has 1 rings (SSSR count). The minimum atomic E-state index is -0.426. The van der Waals surface area contributed by atoms with Gasteiger partial charge in [-0.2, -0.15) is 0 Å². The molecule has 0 saturated heterocycles. The van der Waals surface area contributed by atoms with Crippen LogP contribution in [0.15, 0.2) is 30.3 Å². The van der Waals surface area contributed by atoms with E-state index < -0.39 is 6.04 Å². The highest BCUT2D eigenvalue weighted by molar-refractivity contribution is 5.81. The van der Waals surface area contributed by atoms with Crippen molar-refractivity contribution in [2.75, 3.05) is 13.1 Å². The van der Waals surface area contributed by atoms with E-state index in [0.717, 1.165) is 19.3 Å². The lowest BCUT2D eigenvalue weighted by Crippen LogP contribution is -2.41. The van der Waals surface area contributed by atoms with Crippen molar-refractivity contribution in [2.45, 2.75) is 31.7 Å². The number of benzene rings is 1.